The molecular weight excluding hydrogens is 238 g/mol. The molecule has 0 saturated carbocycles. The van der Waals surface area contributed by atoms with Gasteiger partial charge in [0.1, 0.15) is 0 Å². The smallest absolute Gasteiger partial charge is 0.00723 e. The predicted octanol–water partition coefficient (Wildman–Crippen LogP) is 4.11. The van der Waals surface area contributed by atoms with Crippen LogP contribution in [0, 0.1) is 0 Å². The Labute approximate surface area is 98.2 Å². The molecule has 0 aliphatic heterocycles. The van der Waals surface area contributed by atoms with Crippen molar-refractivity contribution in [3.8, 4) is 0 Å². The van der Waals surface area contributed by atoms with E-state index in [1.165, 1.54) is 51.5 Å². The van der Waals surface area contributed by atoms with Gasteiger partial charge in [-0.25, -0.2) is 0 Å². The number of alkyl halides is 1. The van der Waals surface area contributed by atoms with Crippen LogP contribution in [0.3, 0.4) is 0 Å². The zero-order valence-corrected chi connectivity index (χ0v) is 11.4. The van der Waals surface area contributed by atoms with E-state index in [-0.39, 0.29) is 0 Å². The minimum absolute atomic E-state index is 0.723. The molecule has 0 amide bonds. The van der Waals surface area contributed by atoms with E-state index in [9.17, 15) is 0 Å². The minimum Gasteiger partial charge on any atom is -0.314 e. The third-order valence-electron chi connectivity index (χ3n) is 2.66. The summed E-state index contributed by atoms with van der Waals surface area (Å²) in [6, 6.07) is 0.723. The maximum Gasteiger partial charge on any atom is 0.00723 e. The van der Waals surface area contributed by atoms with Gasteiger partial charge in [0, 0.05) is 11.4 Å². The molecule has 1 unspecified atom stereocenters. The Bertz CT molecular complexity index is 106. The van der Waals surface area contributed by atoms with Gasteiger partial charge in [0.15, 0.2) is 0 Å². The van der Waals surface area contributed by atoms with Gasteiger partial charge in [-0.2, -0.15) is 0 Å². The number of hydrogen-bond acceptors (Lipinski definition) is 1. The van der Waals surface area contributed by atoms with Crippen LogP contribution in [0.25, 0.3) is 0 Å². The van der Waals surface area contributed by atoms with Crippen molar-refractivity contribution in [2.24, 2.45) is 0 Å². The third-order valence-corrected chi connectivity index (χ3v) is 3.12. The van der Waals surface area contributed by atoms with Gasteiger partial charge >= 0.3 is 0 Å². The van der Waals surface area contributed by atoms with Crippen molar-refractivity contribution in [2.75, 3.05) is 11.9 Å². The Morgan fingerprint density at radius 1 is 1.07 bits per heavy atom. The normalized spacial score (nSPS) is 13.1. The lowest BCUT2D eigenvalue weighted by Gasteiger charge is -2.15. The molecule has 14 heavy (non-hydrogen) atoms. The van der Waals surface area contributed by atoms with Gasteiger partial charge in [0.25, 0.3) is 0 Å². The predicted molar refractivity (Wildman–Crippen MR) is 69.3 cm³/mol. The molecule has 0 aromatic rings. The molecule has 1 nitrogen and oxygen atoms in total. The molecule has 0 rings (SSSR count). The minimum atomic E-state index is 0.723. The molecule has 0 aromatic carbocycles. The van der Waals surface area contributed by atoms with E-state index < -0.39 is 0 Å². The van der Waals surface area contributed by atoms with Gasteiger partial charge in [0.05, 0.1) is 0 Å². The van der Waals surface area contributed by atoms with Gasteiger partial charge in [-0.05, 0) is 25.8 Å². The summed E-state index contributed by atoms with van der Waals surface area (Å²) in [6.45, 7) is 5.73. The molecule has 0 fully saturated rings. The zero-order valence-electron chi connectivity index (χ0n) is 9.82. The highest BCUT2D eigenvalue weighted by Crippen LogP contribution is 2.03. The van der Waals surface area contributed by atoms with Gasteiger partial charge in [-0.15, -0.1) is 0 Å². The van der Waals surface area contributed by atoms with Gasteiger partial charge < -0.3 is 5.32 Å². The summed E-state index contributed by atoms with van der Waals surface area (Å²) in [7, 11) is 0. The van der Waals surface area contributed by atoms with Crippen LogP contribution in [0.4, 0.5) is 0 Å². The number of rotatable bonds is 10. The fraction of sp³-hybridized carbons (Fsp3) is 1.00. The van der Waals surface area contributed by atoms with Crippen LogP contribution in [0.5, 0.6) is 0 Å². The summed E-state index contributed by atoms with van der Waals surface area (Å²) in [5.41, 5.74) is 0. The summed E-state index contributed by atoms with van der Waals surface area (Å²) in [6.07, 6.45) is 9.40. The molecule has 1 atom stereocenters. The average Bonchev–Trinajstić information content (AvgIpc) is 2.21. The van der Waals surface area contributed by atoms with Crippen LogP contribution in [-0.2, 0) is 0 Å². The monoisotopic (exact) mass is 263 g/mol. The highest BCUT2D eigenvalue weighted by atomic mass is 79.9. The van der Waals surface area contributed by atoms with Crippen LogP contribution in [0.1, 0.15) is 58.8 Å². The Balaban J connectivity index is 3.15. The van der Waals surface area contributed by atoms with E-state index in [1.54, 1.807) is 0 Å². The van der Waals surface area contributed by atoms with Gasteiger partial charge in [-0.3, -0.25) is 0 Å². The summed E-state index contributed by atoms with van der Waals surface area (Å²) in [5, 5.41) is 4.74. The number of unbranched alkanes of at least 4 members (excludes halogenated alkanes) is 4. The molecule has 0 spiro atoms. The second-order valence-corrected chi connectivity index (χ2v) is 4.74. The second kappa shape index (κ2) is 11.5. The number of nitrogens with one attached hydrogen (secondary N) is 1. The molecule has 1 N–H and O–H groups in total. The largest absolute Gasteiger partial charge is 0.314 e. The average molecular weight is 264 g/mol. The first kappa shape index (κ1) is 14.4. The standard InChI is InChI=1S/C12H26BrN/c1-3-5-6-7-8-11-14-12(4-2)9-10-13/h12,14H,3-11H2,1-2H3. The lowest BCUT2D eigenvalue weighted by Crippen LogP contribution is -2.29. The van der Waals surface area contributed by atoms with Gasteiger partial charge in [-0.1, -0.05) is 55.5 Å². The first-order valence-corrected chi connectivity index (χ1v) is 7.26. The first-order chi connectivity index (χ1) is 6.85. The van der Waals surface area contributed by atoms with Crippen molar-refractivity contribution in [3.05, 3.63) is 0 Å². The highest BCUT2D eigenvalue weighted by molar-refractivity contribution is 9.09. The molecular formula is C12H26BrN. The van der Waals surface area contributed by atoms with E-state index in [2.05, 4.69) is 35.1 Å². The Hall–Kier alpha value is 0.440. The third kappa shape index (κ3) is 9.01. The van der Waals surface area contributed by atoms with Crippen molar-refractivity contribution in [2.45, 2.75) is 64.8 Å². The molecule has 0 bridgehead atoms. The van der Waals surface area contributed by atoms with Crippen molar-refractivity contribution in [1.29, 1.82) is 0 Å². The molecule has 2 heteroatoms. The molecule has 0 radical (unpaired) electrons. The van der Waals surface area contributed by atoms with Crippen molar-refractivity contribution in [1.82, 2.24) is 5.32 Å². The molecule has 86 valence electrons. The van der Waals surface area contributed by atoms with Crippen LogP contribution in [0.15, 0.2) is 0 Å². The zero-order chi connectivity index (χ0) is 10.6. The van der Waals surface area contributed by atoms with Crippen LogP contribution < -0.4 is 5.32 Å². The fourth-order valence-electron chi connectivity index (χ4n) is 1.62. The summed E-state index contributed by atoms with van der Waals surface area (Å²) < 4.78 is 0. The summed E-state index contributed by atoms with van der Waals surface area (Å²) in [5.74, 6) is 0. The quantitative estimate of drug-likeness (QED) is 0.462. The number of halogens is 1. The van der Waals surface area contributed by atoms with E-state index in [0.717, 1.165) is 11.4 Å². The van der Waals surface area contributed by atoms with Crippen LogP contribution in [0.2, 0.25) is 0 Å². The van der Waals surface area contributed by atoms with Crippen molar-refractivity contribution >= 4 is 15.9 Å². The maximum absolute atomic E-state index is 3.62. The topological polar surface area (TPSA) is 12.0 Å². The lowest BCUT2D eigenvalue weighted by molar-refractivity contribution is 0.472. The summed E-state index contributed by atoms with van der Waals surface area (Å²) >= 11 is 3.49. The Morgan fingerprint density at radius 2 is 1.79 bits per heavy atom. The van der Waals surface area contributed by atoms with E-state index >= 15 is 0 Å². The van der Waals surface area contributed by atoms with E-state index in [0.29, 0.717) is 0 Å². The van der Waals surface area contributed by atoms with E-state index in [4.69, 9.17) is 0 Å². The summed E-state index contributed by atoms with van der Waals surface area (Å²) in [4.78, 5) is 0. The second-order valence-electron chi connectivity index (χ2n) is 3.95. The van der Waals surface area contributed by atoms with Crippen LogP contribution >= 0.6 is 15.9 Å². The van der Waals surface area contributed by atoms with Crippen LogP contribution in [-0.4, -0.2) is 17.9 Å². The first-order valence-electron chi connectivity index (χ1n) is 6.14. The maximum atomic E-state index is 3.62. The van der Waals surface area contributed by atoms with E-state index in [1.807, 2.05) is 0 Å². The molecule has 0 aliphatic rings. The van der Waals surface area contributed by atoms with Crippen molar-refractivity contribution < 1.29 is 0 Å². The SMILES string of the molecule is CCCCCCCNC(CC)CCBr. The molecule has 0 aromatic heterocycles. The molecule has 0 aliphatic carbocycles. The Morgan fingerprint density at radius 3 is 2.36 bits per heavy atom. The van der Waals surface area contributed by atoms with Crippen molar-refractivity contribution in [3.63, 3.8) is 0 Å². The molecule has 0 heterocycles. The highest BCUT2D eigenvalue weighted by Gasteiger charge is 2.02. The fourth-order valence-corrected chi connectivity index (χ4v) is 2.17. The van der Waals surface area contributed by atoms with Gasteiger partial charge in [0.2, 0.25) is 0 Å². The molecule has 0 saturated heterocycles. The lowest BCUT2D eigenvalue weighted by atomic mass is 10.1. The Kier molecular flexibility index (Phi) is 11.9. The number of hydrogen-bond donors (Lipinski definition) is 1.